The van der Waals surface area contributed by atoms with Gasteiger partial charge in [-0.25, -0.2) is 4.39 Å². The fourth-order valence-corrected chi connectivity index (χ4v) is 2.02. The molecule has 1 aromatic carbocycles. The van der Waals surface area contributed by atoms with Crippen LogP contribution in [0, 0.1) is 5.82 Å². The Balaban J connectivity index is 2.89. The number of rotatable bonds is 6. The summed E-state index contributed by atoms with van der Waals surface area (Å²) in [6.45, 7) is 1.67. The number of ether oxygens (including phenoxy) is 1. The minimum absolute atomic E-state index is 0.0956. The average molecular weight is 334 g/mol. The van der Waals surface area contributed by atoms with Crippen molar-refractivity contribution in [3.8, 4) is 0 Å². The number of carbonyl (C=O) groups is 1. The quantitative estimate of drug-likeness (QED) is 0.865. The second kappa shape index (κ2) is 7.57. The van der Waals surface area contributed by atoms with Crippen LogP contribution in [-0.4, -0.2) is 42.3 Å². The number of benzene rings is 1. The summed E-state index contributed by atoms with van der Waals surface area (Å²) in [6.07, 6.45) is -0.623. The minimum atomic E-state index is -0.623. The van der Waals surface area contributed by atoms with Crippen LogP contribution in [0.1, 0.15) is 12.5 Å². The summed E-state index contributed by atoms with van der Waals surface area (Å²) < 4.78 is 19.4. The van der Waals surface area contributed by atoms with Crippen LogP contribution in [-0.2, 0) is 16.1 Å². The molecule has 0 fully saturated rings. The summed E-state index contributed by atoms with van der Waals surface area (Å²) in [5.74, 6) is -0.667. The van der Waals surface area contributed by atoms with Crippen molar-refractivity contribution in [1.82, 2.24) is 4.90 Å². The largest absolute Gasteiger partial charge is 0.395 e. The van der Waals surface area contributed by atoms with E-state index < -0.39 is 6.10 Å². The lowest BCUT2D eigenvalue weighted by molar-refractivity contribution is -0.142. The smallest absolute Gasteiger partial charge is 0.251 e. The second-order valence-corrected chi connectivity index (χ2v) is 5.01. The first kappa shape index (κ1) is 16.1. The van der Waals surface area contributed by atoms with Crippen molar-refractivity contribution in [2.24, 2.45) is 0 Å². The van der Waals surface area contributed by atoms with Crippen molar-refractivity contribution in [3.63, 3.8) is 0 Å². The molecule has 1 N–H and O–H groups in total. The van der Waals surface area contributed by atoms with E-state index in [1.54, 1.807) is 19.1 Å². The van der Waals surface area contributed by atoms with E-state index in [1.807, 2.05) is 0 Å². The van der Waals surface area contributed by atoms with E-state index in [4.69, 9.17) is 9.84 Å². The van der Waals surface area contributed by atoms with Crippen LogP contribution < -0.4 is 0 Å². The van der Waals surface area contributed by atoms with Gasteiger partial charge in [0.1, 0.15) is 11.9 Å². The molecule has 0 aliphatic carbocycles. The van der Waals surface area contributed by atoms with Crippen LogP contribution in [0.15, 0.2) is 22.7 Å². The van der Waals surface area contributed by atoms with Crippen molar-refractivity contribution >= 4 is 21.8 Å². The number of aliphatic hydroxyl groups is 1. The molecule has 1 aromatic rings. The highest BCUT2D eigenvalue weighted by Crippen LogP contribution is 2.17. The highest BCUT2D eigenvalue weighted by atomic mass is 79.9. The van der Waals surface area contributed by atoms with Gasteiger partial charge in [-0.1, -0.05) is 15.9 Å². The summed E-state index contributed by atoms with van der Waals surface area (Å²) in [5, 5.41) is 9.00. The third-order valence-electron chi connectivity index (χ3n) is 2.75. The normalized spacial score (nSPS) is 12.3. The molecule has 1 rings (SSSR count). The molecule has 0 saturated heterocycles. The van der Waals surface area contributed by atoms with Crippen molar-refractivity contribution in [2.75, 3.05) is 20.3 Å². The summed E-state index contributed by atoms with van der Waals surface area (Å²) >= 11 is 3.26. The van der Waals surface area contributed by atoms with Crippen molar-refractivity contribution in [3.05, 3.63) is 34.1 Å². The molecule has 0 radical (unpaired) electrons. The number of hydrogen-bond donors (Lipinski definition) is 1. The zero-order valence-electron chi connectivity index (χ0n) is 10.9. The van der Waals surface area contributed by atoms with E-state index in [0.29, 0.717) is 5.56 Å². The molecule has 0 aromatic heterocycles. The molecule has 0 bridgehead atoms. The Morgan fingerprint density at radius 1 is 1.58 bits per heavy atom. The Bertz CT molecular complexity index is 442. The van der Waals surface area contributed by atoms with Crippen LogP contribution in [0.2, 0.25) is 0 Å². The van der Waals surface area contributed by atoms with Gasteiger partial charge in [-0.05, 0) is 25.1 Å². The molecule has 0 aliphatic rings. The molecule has 4 nitrogen and oxygen atoms in total. The fraction of sp³-hybridized carbons (Fsp3) is 0.462. The molecular formula is C13H17BrFNO3. The molecule has 0 saturated carbocycles. The topological polar surface area (TPSA) is 49.8 Å². The first-order chi connectivity index (χ1) is 8.99. The number of carbonyl (C=O) groups excluding carboxylic acids is 1. The maximum Gasteiger partial charge on any atom is 0.251 e. The molecule has 0 heterocycles. The molecule has 106 valence electrons. The molecule has 0 aliphatic heterocycles. The molecule has 19 heavy (non-hydrogen) atoms. The maximum absolute atomic E-state index is 13.7. The van der Waals surface area contributed by atoms with E-state index in [-0.39, 0.29) is 31.4 Å². The SMILES string of the molecule is COC(C)C(=O)N(CCO)Cc1cc(Br)ccc1F. The number of nitrogens with zero attached hydrogens (tertiary/aromatic N) is 1. The van der Waals surface area contributed by atoms with Gasteiger partial charge in [0.2, 0.25) is 0 Å². The van der Waals surface area contributed by atoms with Gasteiger partial charge in [-0.3, -0.25) is 4.79 Å². The lowest BCUT2D eigenvalue weighted by Crippen LogP contribution is -2.40. The summed E-state index contributed by atoms with van der Waals surface area (Å²) in [7, 11) is 1.43. The van der Waals surface area contributed by atoms with E-state index in [1.165, 1.54) is 18.1 Å². The number of halogens is 2. The van der Waals surface area contributed by atoms with Gasteiger partial charge in [0.15, 0.2) is 0 Å². The average Bonchev–Trinajstić information content (AvgIpc) is 2.40. The van der Waals surface area contributed by atoms with Gasteiger partial charge < -0.3 is 14.7 Å². The van der Waals surface area contributed by atoms with Gasteiger partial charge in [0.25, 0.3) is 5.91 Å². The van der Waals surface area contributed by atoms with Crippen LogP contribution in [0.25, 0.3) is 0 Å². The summed E-state index contributed by atoms with van der Waals surface area (Å²) in [6, 6.07) is 4.54. The minimum Gasteiger partial charge on any atom is -0.395 e. The molecule has 1 unspecified atom stereocenters. The Morgan fingerprint density at radius 3 is 2.84 bits per heavy atom. The number of hydrogen-bond acceptors (Lipinski definition) is 3. The van der Waals surface area contributed by atoms with E-state index in [9.17, 15) is 9.18 Å². The lowest BCUT2D eigenvalue weighted by Gasteiger charge is -2.24. The fourth-order valence-electron chi connectivity index (χ4n) is 1.62. The Morgan fingerprint density at radius 2 is 2.26 bits per heavy atom. The predicted octanol–water partition coefficient (Wildman–Crippen LogP) is 1.94. The van der Waals surface area contributed by atoms with E-state index in [2.05, 4.69) is 15.9 Å². The van der Waals surface area contributed by atoms with Crippen molar-refractivity contribution in [2.45, 2.75) is 19.6 Å². The highest BCUT2D eigenvalue weighted by Gasteiger charge is 2.21. The van der Waals surface area contributed by atoms with Crippen LogP contribution >= 0.6 is 15.9 Å². The Labute approximate surface area is 120 Å². The molecule has 1 amide bonds. The predicted molar refractivity (Wildman–Crippen MR) is 73.1 cm³/mol. The molecule has 1 atom stereocenters. The monoisotopic (exact) mass is 333 g/mol. The van der Waals surface area contributed by atoms with Crippen LogP contribution in [0.5, 0.6) is 0 Å². The zero-order chi connectivity index (χ0) is 14.4. The van der Waals surface area contributed by atoms with Gasteiger partial charge in [-0.15, -0.1) is 0 Å². The summed E-state index contributed by atoms with van der Waals surface area (Å²) in [4.78, 5) is 13.4. The number of aliphatic hydroxyl groups excluding tert-OH is 1. The Hall–Kier alpha value is -0.980. The second-order valence-electron chi connectivity index (χ2n) is 4.10. The maximum atomic E-state index is 13.7. The van der Waals surface area contributed by atoms with Crippen LogP contribution in [0.4, 0.5) is 4.39 Å². The van der Waals surface area contributed by atoms with Crippen molar-refractivity contribution < 1.29 is 19.0 Å². The lowest BCUT2D eigenvalue weighted by atomic mass is 10.2. The third-order valence-corrected chi connectivity index (χ3v) is 3.25. The Kier molecular flexibility index (Phi) is 6.41. The molecular weight excluding hydrogens is 317 g/mol. The first-order valence-electron chi connectivity index (χ1n) is 5.86. The van der Waals surface area contributed by atoms with Gasteiger partial charge in [-0.2, -0.15) is 0 Å². The highest BCUT2D eigenvalue weighted by molar-refractivity contribution is 9.10. The standard InChI is InChI=1S/C13H17BrFNO3/c1-9(19-2)13(18)16(5-6-17)8-10-7-11(14)3-4-12(10)15/h3-4,7,9,17H,5-6,8H2,1-2H3. The van der Waals surface area contributed by atoms with Crippen molar-refractivity contribution in [1.29, 1.82) is 0 Å². The van der Waals surface area contributed by atoms with Gasteiger partial charge in [0, 0.05) is 30.2 Å². The molecule has 0 spiro atoms. The van der Waals surface area contributed by atoms with Gasteiger partial charge >= 0.3 is 0 Å². The molecule has 6 heteroatoms. The zero-order valence-corrected chi connectivity index (χ0v) is 12.5. The van der Waals surface area contributed by atoms with Gasteiger partial charge in [0.05, 0.1) is 6.61 Å². The summed E-state index contributed by atoms with van der Waals surface area (Å²) in [5.41, 5.74) is 0.388. The van der Waals surface area contributed by atoms with Crippen LogP contribution in [0.3, 0.4) is 0 Å². The third kappa shape index (κ3) is 4.56. The first-order valence-corrected chi connectivity index (χ1v) is 6.65. The van der Waals surface area contributed by atoms with E-state index >= 15 is 0 Å². The number of methoxy groups -OCH3 is 1. The number of amides is 1. The van der Waals surface area contributed by atoms with E-state index in [0.717, 1.165) is 4.47 Å².